The molecule has 1 aromatic carbocycles. The number of rotatable bonds is 4. The van der Waals surface area contributed by atoms with Crippen LogP contribution in [0.15, 0.2) is 30.3 Å². The SMILES string of the molecule is O=C(c1ccccc1)[C@@H]1CCCN1S(=O)(=O)N1CCCCC1. The van der Waals surface area contributed by atoms with E-state index in [9.17, 15) is 13.2 Å². The van der Waals surface area contributed by atoms with E-state index in [1.54, 1.807) is 16.4 Å². The number of carbonyl (C=O) groups is 1. The first-order chi connectivity index (χ1) is 10.6. The maximum Gasteiger partial charge on any atom is 0.282 e. The second kappa shape index (κ2) is 6.48. The number of carbonyl (C=O) groups excluding carboxylic acids is 1. The predicted octanol–water partition coefficient (Wildman–Crippen LogP) is 2.06. The van der Waals surface area contributed by atoms with E-state index >= 15 is 0 Å². The Bertz CT molecular complexity index is 624. The molecule has 0 saturated carbocycles. The van der Waals surface area contributed by atoms with Crippen molar-refractivity contribution in [2.24, 2.45) is 0 Å². The van der Waals surface area contributed by atoms with Gasteiger partial charge in [0, 0.05) is 25.2 Å². The van der Waals surface area contributed by atoms with Crippen molar-refractivity contribution in [3.05, 3.63) is 35.9 Å². The fourth-order valence-electron chi connectivity index (χ4n) is 3.32. The van der Waals surface area contributed by atoms with Crippen LogP contribution in [0.1, 0.15) is 42.5 Å². The van der Waals surface area contributed by atoms with Crippen LogP contribution in [0.3, 0.4) is 0 Å². The number of hydrogen-bond acceptors (Lipinski definition) is 3. The molecule has 0 N–H and O–H groups in total. The molecule has 22 heavy (non-hydrogen) atoms. The summed E-state index contributed by atoms with van der Waals surface area (Å²) in [4.78, 5) is 12.7. The quantitative estimate of drug-likeness (QED) is 0.797. The highest BCUT2D eigenvalue weighted by atomic mass is 32.2. The molecule has 0 bridgehead atoms. The molecule has 0 aromatic heterocycles. The lowest BCUT2D eigenvalue weighted by Crippen LogP contribution is -2.49. The van der Waals surface area contributed by atoms with Gasteiger partial charge >= 0.3 is 0 Å². The van der Waals surface area contributed by atoms with Crippen molar-refractivity contribution in [1.82, 2.24) is 8.61 Å². The minimum atomic E-state index is -3.52. The minimum Gasteiger partial charge on any atom is -0.292 e. The van der Waals surface area contributed by atoms with Gasteiger partial charge in [-0.15, -0.1) is 0 Å². The number of nitrogens with zero attached hydrogens (tertiary/aromatic N) is 2. The summed E-state index contributed by atoms with van der Waals surface area (Å²) < 4.78 is 28.6. The summed E-state index contributed by atoms with van der Waals surface area (Å²) in [6, 6.07) is 8.44. The molecule has 0 radical (unpaired) electrons. The van der Waals surface area contributed by atoms with Crippen molar-refractivity contribution in [1.29, 1.82) is 0 Å². The van der Waals surface area contributed by atoms with E-state index in [-0.39, 0.29) is 5.78 Å². The smallest absolute Gasteiger partial charge is 0.282 e. The average molecular weight is 322 g/mol. The molecule has 120 valence electrons. The van der Waals surface area contributed by atoms with Crippen LogP contribution < -0.4 is 0 Å². The molecule has 1 atom stereocenters. The number of piperidine rings is 1. The van der Waals surface area contributed by atoms with Gasteiger partial charge in [0.25, 0.3) is 10.2 Å². The molecule has 0 spiro atoms. The maximum absolute atomic E-state index is 12.8. The molecular formula is C16H22N2O3S. The normalized spacial score (nSPS) is 24.5. The molecule has 0 unspecified atom stereocenters. The van der Waals surface area contributed by atoms with Gasteiger partial charge in [-0.2, -0.15) is 17.0 Å². The summed E-state index contributed by atoms with van der Waals surface area (Å²) in [7, 11) is -3.52. The molecule has 0 amide bonds. The largest absolute Gasteiger partial charge is 0.292 e. The monoisotopic (exact) mass is 322 g/mol. The first-order valence-corrected chi connectivity index (χ1v) is 9.36. The van der Waals surface area contributed by atoms with Crippen LogP contribution in [0.5, 0.6) is 0 Å². The maximum atomic E-state index is 12.8. The van der Waals surface area contributed by atoms with Crippen LogP contribution in [0.2, 0.25) is 0 Å². The van der Waals surface area contributed by atoms with Crippen molar-refractivity contribution in [3.63, 3.8) is 0 Å². The van der Waals surface area contributed by atoms with Gasteiger partial charge in [0.15, 0.2) is 5.78 Å². The van der Waals surface area contributed by atoms with Crippen LogP contribution in [0.4, 0.5) is 0 Å². The van der Waals surface area contributed by atoms with Crippen LogP contribution in [0, 0.1) is 0 Å². The molecule has 2 fully saturated rings. The van der Waals surface area contributed by atoms with Crippen molar-refractivity contribution in [2.75, 3.05) is 19.6 Å². The summed E-state index contributed by atoms with van der Waals surface area (Å²) in [5.41, 5.74) is 0.591. The predicted molar refractivity (Wildman–Crippen MR) is 84.8 cm³/mol. The summed E-state index contributed by atoms with van der Waals surface area (Å²) in [5.74, 6) is -0.0846. The molecule has 1 aromatic rings. The fraction of sp³-hybridized carbons (Fsp3) is 0.562. The topological polar surface area (TPSA) is 57.7 Å². The highest BCUT2D eigenvalue weighted by Gasteiger charge is 2.41. The van der Waals surface area contributed by atoms with Crippen molar-refractivity contribution in [3.8, 4) is 0 Å². The van der Waals surface area contributed by atoms with E-state index in [4.69, 9.17) is 0 Å². The lowest BCUT2D eigenvalue weighted by molar-refractivity contribution is 0.0914. The highest BCUT2D eigenvalue weighted by molar-refractivity contribution is 7.86. The molecular weight excluding hydrogens is 300 g/mol. The molecule has 2 heterocycles. The number of ketones is 1. The van der Waals surface area contributed by atoms with Crippen LogP contribution >= 0.6 is 0 Å². The van der Waals surface area contributed by atoms with Gasteiger partial charge < -0.3 is 0 Å². The zero-order chi connectivity index (χ0) is 15.6. The van der Waals surface area contributed by atoms with Gasteiger partial charge in [0.2, 0.25) is 0 Å². The van der Waals surface area contributed by atoms with Crippen LogP contribution in [-0.2, 0) is 10.2 Å². The first kappa shape index (κ1) is 15.6. The standard InChI is InChI=1S/C16H22N2O3S/c19-16(14-8-3-1-4-9-14)15-10-7-13-18(15)22(20,21)17-11-5-2-6-12-17/h1,3-4,8-9,15H,2,5-7,10-13H2/t15-/m0/s1. The summed E-state index contributed by atoms with van der Waals surface area (Å²) in [5, 5.41) is 0. The first-order valence-electron chi connectivity index (χ1n) is 7.97. The second-order valence-electron chi connectivity index (χ2n) is 5.97. The third-order valence-electron chi connectivity index (χ3n) is 4.50. The highest BCUT2D eigenvalue weighted by Crippen LogP contribution is 2.27. The van der Waals surface area contributed by atoms with E-state index in [1.807, 2.05) is 18.2 Å². The van der Waals surface area contributed by atoms with Crippen LogP contribution in [0.25, 0.3) is 0 Å². The van der Waals surface area contributed by atoms with Crippen molar-refractivity contribution >= 4 is 16.0 Å². The van der Waals surface area contributed by atoms with Gasteiger partial charge in [-0.05, 0) is 25.7 Å². The van der Waals surface area contributed by atoms with Crippen molar-refractivity contribution in [2.45, 2.75) is 38.1 Å². The van der Waals surface area contributed by atoms with E-state index in [0.29, 0.717) is 31.6 Å². The Balaban J connectivity index is 1.82. The Morgan fingerprint density at radius 3 is 2.32 bits per heavy atom. The Morgan fingerprint density at radius 1 is 0.955 bits per heavy atom. The van der Waals surface area contributed by atoms with Gasteiger partial charge in [-0.3, -0.25) is 4.79 Å². The zero-order valence-electron chi connectivity index (χ0n) is 12.6. The minimum absolute atomic E-state index is 0.0846. The molecule has 2 aliphatic rings. The lowest BCUT2D eigenvalue weighted by Gasteiger charge is -2.32. The zero-order valence-corrected chi connectivity index (χ0v) is 13.5. The van der Waals surface area contributed by atoms with E-state index < -0.39 is 16.3 Å². The third kappa shape index (κ3) is 2.95. The van der Waals surface area contributed by atoms with Crippen molar-refractivity contribution < 1.29 is 13.2 Å². The van der Waals surface area contributed by atoms with Crippen LogP contribution in [-0.4, -0.2) is 48.5 Å². The van der Waals surface area contributed by atoms with E-state index in [0.717, 1.165) is 25.7 Å². The molecule has 0 aliphatic carbocycles. The fourth-order valence-corrected chi connectivity index (χ4v) is 5.22. The number of Topliss-reactive ketones (excluding diaryl/α,β-unsaturated/α-hetero) is 1. The lowest BCUT2D eigenvalue weighted by atomic mass is 10.0. The molecule has 2 aliphatic heterocycles. The summed E-state index contributed by atoms with van der Waals surface area (Å²) in [6.07, 6.45) is 4.25. The summed E-state index contributed by atoms with van der Waals surface area (Å²) in [6.45, 7) is 1.60. The van der Waals surface area contributed by atoms with Gasteiger partial charge in [-0.1, -0.05) is 36.8 Å². The van der Waals surface area contributed by atoms with Gasteiger partial charge in [-0.25, -0.2) is 0 Å². The van der Waals surface area contributed by atoms with Gasteiger partial charge in [0.05, 0.1) is 6.04 Å². The Hall–Kier alpha value is -1.24. The Kier molecular flexibility index (Phi) is 4.61. The third-order valence-corrected chi connectivity index (χ3v) is 6.55. The second-order valence-corrected chi connectivity index (χ2v) is 7.85. The molecule has 3 rings (SSSR count). The average Bonchev–Trinajstić information content (AvgIpc) is 3.06. The Morgan fingerprint density at radius 2 is 1.64 bits per heavy atom. The number of benzene rings is 1. The summed E-state index contributed by atoms with van der Waals surface area (Å²) >= 11 is 0. The Labute approximate surface area is 132 Å². The molecule has 5 nitrogen and oxygen atoms in total. The van der Waals surface area contributed by atoms with E-state index in [1.165, 1.54) is 4.31 Å². The van der Waals surface area contributed by atoms with Gasteiger partial charge in [0.1, 0.15) is 0 Å². The van der Waals surface area contributed by atoms with E-state index in [2.05, 4.69) is 0 Å². The molecule has 2 saturated heterocycles. The molecule has 6 heteroatoms. The number of hydrogen-bond donors (Lipinski definition) is 0.